The van der Waals surface area contributed by atoms with E-state index < -0.39 is 12.7 Å². The molecular formula is C22H20BCl3O3. The van der Waals surface area contributed by atoms with Crippen LogP contribution in [0.1, 0.15) is 29.5 Å². The molecule has 0 radical (unpaired) electrons. The summed E-state index contributed by atoms with van der Waals surface area (Å²) in [6.07, 6.45) is 1.17. The molecule has 0 amide bonds. The molecule has 0 atom stereocenters. The quantitative estimate of drug-likeness (QED) is 0.262. The Bertz CT molecular complexity index is 854. The summed E-state index contributed by atoms with van der Waals surface area (Å²) >= 11 is 19.0. The van der Waals surface area contributed by atoms with Crippen molar-refractivity contribution in [2.45, 2.75) is 18.3 Å². The van der Waals surface area contributed by atoms with Crippen molar-refractivity contribution in [1.29, 1.82) is 0 Å². The molecule has 3 rings (SSSR count). The van der Waals surface area contributed by atoms with Gasteiger partial charge in [0, 0.05) is 27.1 Å². The molecule has 29 heavy (non-hydrogen) atoms. The first kappa shape index (κ1) is 22.2. The molecule has 0 fully saturated rings. The minimum absolute atomic E-state index is 0.182. The molecule has 0 aliphatic carbocycles. The maximum Gasteiger partial charge on any atom is 0.633 e. The molecule has 0 bridgehead atoms. The summed E-state index contributed by atoms with van der Waals surface area (Å²) in [4.78, 5) is 0. The van der Waals surface area contributed by atoms with E-state index in [-0.39, 0.29) is 6.61 Å². The molecule has 0 heterocycles. The highest BCUT2D eigenvalue weighted by Crippen LogP contribution is 2.45. The summed E-state index contributed by atoms with van der Waals surface area (Å²) in [6, 6.07) is 23.1. The SMILES string of the molecule is OB(O)OCCCC(c1cccc(Cl)c1)(c1cccc(Cl)c1)c1cccc(Cl)c1. The lowest BCUT2D eigenvalue weighted by molar-refractivity contribution is 0.179. The van der Waals surface area contributed by atoms with Crippen LogP contribution >= 0.6 is 34.8 Å². The van der Waals surface area contributed by atoms with Gasteiger partial charge in [0.2, 0.25) is 0 Å². The Balaban J connectivity index is 2.20. The van der Waals surface area contributed by atoms with Gasteiger partial charge in [0.1, 0.15) is 0 Å². The number of hydrogen-bond acceptors (Lipinski definition) is 3. The second kappa shape index (κ2) is 9.99. The first-order valence-electron chi connectivity index (χ1n) is 9.18. The van der Waals surface area contributed by atoms with Crippen molar-refractivity contribution in [2.24, 2.45) is 0 Å². The summed E-state index contributed by atoms with van der Waals surface area (Å²) < 4.78 is 4.95. The Morgan fingerprint density at radius 2 is 1.14 bits per heavy atom. The number of halogens is 3. The molecule has 0 aromatic heterocycles. The van der Waals surface area contributed by atoms with Crippen LogP contribution in [0.25, 0.3) is 0 Å². The minimum Gasteiger partial charge on any atom is -0.402 e. The van der Waals surface area contributed by atoms with Crippen LogP contribution < -0.4 is 0 Å². The molecule has 0 aliphatic heterocycles. The van der Waals surface area contributed by atoms with Crippen LogP contribution in [-0.4, -0.2) is 24.0 Å². The average Bonchev–Trinajstić information content (AvgIpc) is 2.68. The summed E-state index contributed by atoms with van der Waals surface area (Å²) in [6.45, 7) is 0.182. The van der Waals surface area contributed by atoms with Crippen molar-refractivity contribution in [3.8, 4) is 0 Å². The Morgan fingerprint density at radius 3 is 1.48 bits per heavy atom. The first-order chi connectivity index (χ1) is 13.9. The van der Waals surface area contributed by atoms with E-state index in [1.54, 1.807) is 0 Å². The van der Waals surface area contributed by atoms with E-state index in [1.165, 1.54) is 0 Å². The predicted molar refractivity (Wildman–Crippen MR) is 120 cm³/mol. The van der Waals surface area contributed by atoms with E-state index in [2.05, 4.69) is 0 Å². The molecule has 3 aromatic carbocycles. The Morgan fingerprint density at radius 1 is 0.724 bits per heavy atom. The fourth-order valence-corrected chi connectivity index (χ4v) is 4.29. The molecule has 0 spiro atoms. The van der Waals surface area contributed by atoms with Crippen molar-refractivity contribution in [3.05, 3.63) is 105 Å². The number of benzene rings is 3. The van der Waals surface area contributed by atoms with Crippen LogP contribution in [0.3, 0.4) is 0 Å². The zero-order valence-electron chi connectivity index (χ0n) is 15.6. The smallest absolute Gasteiger partial charge is 0.402 e. The molecule has 7 heteroatoms. The topological polar surface area (TPSA) is 49.7 Å². The summed E-state index contributed by atoms with van der Waals surface area (Å²) in [5.41, 5.74) is 2.35. The molecule has 3 aromatic rings. The minimum atomic E-state index is -1.80. The van der Waals surface area contributed by atoms with E-state index in [4.69, 9.17) is 49.5 Å². The van der Waals surface area contributed by atoms with Gasteiger partial charge in [0.15, 0.2) is 0 Å². The molecule has 3 nitrogen and oxygen atoms in total. The third-order valence-corrected chi connectivity index (χ3v) is 5.62. The maximum absolute atomic E-state index is 9.02. The second-order valence-corrected chi connectivity index (χ2v) is 8.05. The zero-order chi connectivity index (χ0) is 20.9. The molecular weight excluding hydrogens is 429 g/mol. The molecule has 150 valence electrons. The van der Waals surface area contributed by atoms with Gasteiger partial charge in [-0.3, -0.25) is 0 Å². The summed E-state index contributed by atoms with van der Waals surface area (Å²) in [5.74, 6) is 0. The van der Waals surface area contributed by atoms with Gasteiger partial charge in [-0.15, -0.1) is 0 Å². The van der Waals surface area contributed by atoms with Gasteiger partial charge in [0.25, 0.3) is 0 Å². The Labute approximate surface area is 186 Å². The van der Waals surface area contributed by atoms with Gasteiger partial charge in [0.05, 0.1) is 0 Å². The average molecular weight is 450 g/mol. The standard InChI is InChI=1S/C22H20BCl3O3/c24-19-8-1-5-16(13-19)22(11-4-12-29-23(27)28,17-6-2-9-20(25)14-17)18-7-3-10-21(26)15-18/h1-3,5-10,13-15,27-28H,4,11-12H2. The molecule has 0 unspecified atom stereocenters. The largest absolute Gasteiger partial charge is 0.633 e. The van der Waals surface area contributed by atoms with Crippen molar-refractivity contribution in [3.63, 3.8) is 0 Å². The van der Waals surface area contributed by atoms with E-state index >= 15 is 0 Å². The monoisotopic (exact) mass is 448 g/mol. The van der Waals surface area contributed by atoms with Gasteiger partial charge in [-0.25, -0.2) is 0 Å². The van der Waals surface area contributed by atoms with E-state index in [1.807, 2.05) is 72.8 Å². The fraction of sp³-hybridized carbons (Fsp3) is 0.182. The van der Waals surface area contributed by atoms with E-state index in [9.17, 15) is 0 Å². The lowest BCUT2D eigenvalue weighted by Crippen LogP contribution is -2.30. The summed E-state index contributed by atoms with van der Waals surface area (Å²) in [5, 5.41) is 19.9. The molecule has 2 N–H and O–H groups in total. The molecule has 0 saturated heterocycles. The van der Waals surface area contributed by atoms with E-state index in [0.29, 0.717) is 27.9 Å². The van der Waals surface area contributed by atoms with Crippen molar-refractivity contribution < 1.29 is 14.7 Å². The van der Waals surface area contributed by atoms with Crippen LogP contribution in [0.5, 0.6) is 0 Å². The van der Waals surface area contributed by atoms with Crippen LogP contribution in [0.4, 0.5) is 0 Å². The van der Waals surface area contributed by atoms with Gasteiger partial charge < -0.3 is 14.7 Å². The predicted octanol–water partition coefficient (Wildman–Crippen LogP) is 5.75. The first-order valence-corrected chi connectivity index (χ1v) is 10.3. The highest BCUT2D eigenvalue weighted by molar-refractivity contribution is 6.32. The lowest BCUT2D eigenvalue weighted by Gasteiger charge is -2.36. The van der Waals surface area contributed by atoms with Crippen LogP contribution in [0, 0.1) is 0 Å². The van der Waals surface area contributed by atoms with Gasteiger partial charge in [-0.1, -0.05) is 71.2 Å². The fourth-order valence-electron chi connectivity index (χ4n) is 3.72. The van der Waals surface area contributed by atoms with Gasteiger partial charge in [-0.2, -0.15) is 0 Å². The van der Waals surface area contributed by atoms with Gasteiger partial charge >= 0.3 is 7.32 Å². The van der Waals surface area contributed by atoms with Gasteiger partial charge in [-0.05, 0) is 65.9 Å². The second-order valence-electron chi connectivity index (χ2n) is 6.74. The highest BCUT2D eigenvalue weighted by Gasteiger charge is 2.36. The highest BCUT2D eigenvalue weighted by atomic mass is 35.5. The van der Waals surface area contributed by atoms with Crippen LogP contribution in [-0.2, 0) is 10.1 Å². The Hall–Kier alpha value is -1.53. The van der Waals surface area contributed by atoms with Crippen molar-refractivity contribution in [1.82, 2.24) is 0 Å². The maximum atomic E-state index is 9.02. The number of rotatable bonds is 8. The van der Waals surface area contributed by atoms with Crippen molar-refractivity contribution in [2.75, 3.05) is 6.61 Å². The van der Waals surface area contributed by atoms with Crippen LogP contribution in [0.15, 0.2) is 72.8 Å². The molecule has 0 saturated carbocycles. The van der Waals surface area contributed by atoms with Crippen molar-refractivity contribution >= 4 is 42.1 Å². The Kier molecular flexibility index (Phi) is 7.63. The number of hydrogen-bond donors (Lipinski definition) is 2. The van der Waals surface area contributed by atoms with Crippen LogP contribution in [0.2, 0.25) is 15.1 Å². The molecule has 0 aliphatic rings. The van der Waals surface area contributed by atoms with E-state index in [0.717, 1.165) is 16.7 Å². The summed E-state index contributed by atoms with van der Waals surface area (Å²) in [7, 11) is -1.80. The third-order valence-electron chi connectivity index (χ3n) is 4.92. The lowest BCUT2D eigenvalue weighted by atomic mass is 9.67. The normalized spacial score (nSPS) is 11.5. The third kappa shape index (κ3) is 5.34. The zero-order valence-corrected chi connectivity index (χ0v) is 17.8.